The van der Waals surface area contributed by atoms with Crippen molar-refractivity contribution in [2.45, 2.75) is 38.6 Å². The molecule has 18 heavy (non-hydrogen) atoms. The summed E-state index contributed by atoms with van der Waals surface area (Å²) in [5.74, 6) is 0.0383. The van der Waals surface area contributed by atoms with E-state index in [0.29, 0.717) is 0 Å². The zero-order valence-corrected chi connectivity index (χ0v) is 12.1. The van der Waals surface area contributed by atoms with Crippen molar-refractivity contribution in [2.24, 2.45) is 5.92 Å². The number of aliphatic hydroxyl groups excluding tert-OH is 1. The Morgan fingerprint density at radius 1 is 1.22 bits per heavy atom. The van der Waals surface area contributed by atoms with Gasteiger partial charge in [0.2, 0.25) is 10.0 Å². The lowest BCUT2D eigenvalue weighted by Gasteiger charge is -2.20. The van der Waals surface area contributed by atoms with Crippen molar-refractivity contribution in [3.05, 3.63) is 29.3 Å². The van der Waals surface area contributed by atoms with Gasteiger partial charge in [0, 0.05) is 6.04 Å². The first-order valence-corrected chi connectivity index (χ1v) is 7.46. The molecule has 2 N–H and O–H groups in total. The third-order valence-corrected chi connectivity index (χ3v) is 4.58. The quantitative estimate of drug-likeness (QED) is 0.855. The van der Waals surface area contributed by atoms with E-state index in [9.17, 15) is 13.5 Å². The summed E-state index contributed by atoms with van der Waals surface area (Å²) in [5.41, 5.74) is 1.99. The summed E-state index contributed by atoms with van der Waals surface area (Å²) in [7, 11) is -3.57. The van der Waals surface area contributed by atoms with Crippen LogP contribution in [-0.2, 0) is 10.0 Å². The van der Waals surface area contributed by atoms with Gasteiger partial charge in [-0.3, -0.25) is 0 Å². The van der Waals surface area contributed by atoms with E-state index >= 15 is 0 Å². The summed E-state index contributed by atoms with van der Waals surface area (Å²) in [6.07, 6.45) is 0. The minimum atomic E-state index is -3.57. The van der Waals surface area contributed by atoms with Crippen molar-refractivity contribution in [1.82, 2.24) is 4.72 Å². The van der Waals surface area contributed by atoms with Gasteiger partial charge in [-0.1, -0.05) is 19.9 Å². The molecule has 0 amide bonds. The zero-order chi connectivity index (χ0) is 13.9. The smallest absolute Gasteiger partial charge is 0.240 e. The molecule has 0 spiro atoms. The summed E-state index contributed by atoms with van der Waals surface area (Å²) >= 11 is 0. The van der Waals surface area contributed by atoms with Crippen LogP contribution in [0.1, 0.15) is 25.0 Å². The Labute approximate surface area is 109 Å². The first-order valence-electron chi connectivity index (χ1n) is 5.98. The van der Waals surface area contributed by atoms with Crippen LogP contribution in [0.15, 0.2) is 23.1 Å². The van der Waals surface area contributed by atoms with E-state index < -0.39 is 16.1 Å². The van der Waals surface area contributed by atoms with Gasteiger partial charge in [0.25, 0.3) is 0 Å². The molecular weight excluding hydrogens is 250 g/mol. The maximum absolute atomic E-state index is 12.1. The molecule has 0 radical (unpaired) electrons. The van der Waals surface area contributed by atoms with Gasteiger partial charge in [-0.2, -0.15) is 0 Å². The topological polar surface area (TPSA) is 66.4 Å². The van der Waals surface area contributed by atoms with Crippen molar-refractivity contribution in [1.29, 1.82) is 0 Å². The fourth-order valence-corrected chi connectivity index (χ4v) is 2.99. The van der Waals surface area contributed by atoms with Crippen LogP contribution in [0.2, 0.25) is 0 Å². The van der Waals surface area contributed by atoms with Gasteiger partial charge >= 0.3 is 0 Å². The van der Waals surface area contributed by atoms with E-state index in [1.54, 1.807) is 18.2 Å². The second-order valence-corrected chi connectivity index (χ2v) is 6.61. The SMILES string of the molecule is Cc1ccc(S(=O)(=O)NC(CO)C(C)C)cc1C. The second-order valence-electron chi connectivity index (χ2n) is 4.90. The maximum atomic E-state index is 12.1. The number of sulfonamides is 1. The molecule has 1 atom stereocenters. The van der Waals surface area contributed by atoms with E-state index in [4.69, 9.17) is 0 Å². The first kappa shape index (κ1) is 15.1. The van der Waals surface area contributed by atoms with Gasteiger partial charge in [0.05, 0.1) is 11.5 Å². The molecule has 1 unspecified atom stereocenters. The van der Waals surface area contributed by atoms with Gasteiger partial charge in [-0.05, 0) is 43.0 Å². The van der Waals surface area contributed by atoms with Crippen molar-refractivity contribution in [3.8, 4) is 0 Å². The average Bonchev–Trinajstić information content (AvgIpc) is 2.29. The molecule has 0 aliphatic rings. The predicted octanol–water partition coefficient (Wildman–Crippen LogP) is 1.60. The fraction of sp³-hybridized carbons (Fsp3) is 0.538. The third kappa shape index (κ3) is 3.54. The Balaban J connectivity index is 3.02. The molecule has 102 valence electrons. The number of benzene rings is 1. The lowest BCUT2D eigenvalue weighted by molar-refractivity contribution is 0.227. The molecule has 0 saturated heterocycles. The number of hydrogen-bond acceptors (Lipinski definition) is 3. The van der Waals surface area contributed by atoms with Gasteiger partial charge in [0.15, 0.2) is 0 Å². The largest absolute Gasteiger partial charge is 0.395 e. The predicted molar refractivity (Wildman–Crippen MR) is 71.9 cm³/mol. The number of hydrogen-bond donors (Lipinski definition) is 2. The number of nitrogens with one attached hydrogen (secondary N) is 1. The number of aliphatic hydroxyl groups is 1. The summed E-state index contributed by atoms with van der Waals surface area (Å²) in [6.45, 7) is 7.33. The first-order chi connectivity index (χ1) is 8.27. The summed E-state index contributed by atoms with van der Waals surface area (Å²) in [6, 6.07) is 4.55. The van der Waals surface area contributed by atoms with Crippen molar-refractivity contribution in [2.75, 3.05) is 6.61 Å². The molecule has 1 rings (SSSR count). The van der Waals surface area contributed by atoms with E-state index in [2.05, 4.69) is 4.72 Å². The van der Waals surface area contributed by atoms with Crippen LogP contribution in [0.5, 0.6) is 0 Å². The van der Waals surface area contributed by atoms with Crippen LogP contribution in [0.25, 0.3) is 0 Å². The van der Waals surface area contributed by atoms with Gasteiger partial charge in [-0.25, -0.2) is 13.1 Å². The Kier molecular flexibility index (Phi) is 4.90. The van der Waals surface area contributed by atoms with E-state index in [1.807, 2.05) is 27.7 Å². The summed E-state index contributed by atoms with van der Waals surface area (Å²) in [4.78, 5) is 0.240. The Morgan fingerprint density at radius 3 is 2.28 bits per heavy atom. The minimum Gasteiger partial charge on any atom is -0.395 e. The van der Waals surface area contributed by atoms with Gasteiger partial charge in [0.1, 0.15) is 0 Å². The number of aryl methyl sites for hydroxylation is 2. The molecule has 0 bridgehead atoms. The normalized spacial score (nSPS) is 13.9. The highest BCUT2D eigenvalue weighted by atomic mass is 32.2. The molecule has 0 heterocycles. The molecule has 1 aromatic carbocycles. The molecule has 0 saturated carbocycles. The van der Waals surface area contributed by atoms with Crippen molar-refractivity contribution >= 4 is 10.0 Å². The van der Waals surface area contributed by atoms with Crippen molar-refractivity contribution < 1.29 is 13.5 Å². The summed E-state index contributed by atoms with van der Waals surface area (Å²) in [5, 5.41) is 9.18. The molecule has 0 fully saturated rings. The highest BCUT2D eigenvalue weighted by Crippen LogP contribution is 2.16. The molecular formula is C13H21NO3S. The monoisotopic (exact) mass is 271 g/mol. The molecule has 5 heteroatoms. The minimum absolute atomic E-state index is 0.0383. The lowest BCUT2D eigenvalue weighted by Crippen LogP contribution is -2.41. The molecule has 1 aromatic rings. The maximum Gasteiger partial charge on any atom is 0.240 e. The fourth-order valence-electron chi connectivity index (χ4n) is 1.53. The van der Waals surface area contributed by atoms with Crippen LogP contribution in [0.4, 0.5) is 0 Å². The van der Waals surface area contributed by atoms with Crippen LogP contribution < -0.4 is 4.72 Å². The molecule has 4 nitrogen and oxygen atoms in total. The van der Waals surface area contributed by atoms with Gasteiger partial charge in [-0.15, -0.1) is 0 Å². The van der Waals surface area contributed by atoms with E-state index in [-0.39, 0.29) is 17.4 Å². The van der Waals surface area contributed by atoms with Crippen LogP contribution in [-0.4, -0.2) is 26.2 Å². The molecule has 0 aromatic heterocycles. The van der Waals surface area contributed by atoms with E-state index in [0.717, 1.165) is 11.1 Å². The standard InChI is InChI=1S/C13H21NO3S/c1-9(2)13(8-15)14-18(16,17)12-6-5-10(3)11(4)7-12/h5-7,9,13-15H,8H2,1-4H3. The van der Waals surface area contributed by atoms with Crippen LogP contribution in [0, 0.1) is 19.8 Å². The Hall–Kier alpha value is -0.910. The number of rotatable bonds is 5. The average molecular weight is 271 g/mol. The highest BCUT2D eigenvalue weighted by Gasteiger charge is 2.22. The molecule has 0 aliphatic carbocycles. The molecule has 0 aliphatic heterocycles. The van der Waals surface area contributed by atoms with Gasteiger partial charge < -0.3 is 5.11 Å². The third-order valence-electron chi connectivity index (χ3n) is 3.10. The van der Waals surface area contributed by atoms with E-state index in [1.165, 1.54) is 0 Å². The lowest BCUT2D eigenvalue weighted by atomic mass is 10.1. The Bertz CT molecular complexity index is 509. The van der Waals surface area contributed by atoms with Crippen molar-refractivity contribution in [3.63, 3.8) is 0 Å². The zero-order valence-electron chi connectivity index (χ0n) is 11.3. The second kappa shape index (κ2) is 5.82. The van der Waals surface area contributed by atoms with Crippen LogP contribution in [0.3, 0.4) is 0 Å². The highest BCUT2D eigenvalue weighted by molar-refractivity contribution is 7.89. The van der Waals surface area contributed by atoms with Crippen LogP contribution >= 0.6 is 0 Å². The summed E-state index contributed by atoms with van der Waals surface area (Å²) < 4.78 is 26.8. The Morgan fingerprint density at radius 2 is 1.83 bits per heavy atom.